The van der Waals surface area contributed by atoms with Crippen molar-refractivity contribution < 1.29 is 14.6 Å². The van der Waals surface area contributed by atoms with Crippen molar-refractivity contribution >= 4 is 23.4 Å². The lowest BCUT2D eigenvalue weighted by Crippen LogP contribution is -2.39. The molecule has 0 fully saturated rings. The van der Waals surface area contributed by atoms with Gasteiger partial charge in [-0.05, 0) is 30.7 Å². The van der Waals surface area contributed by atoms with Gasteiger partial charge < -0.3 is 15.6 Å². The van der Waals surface area contributed by atoms with Crippen molar-refractivity contribution in [2.24, 2.45) is 0 Å². The number of aliphatic hydroxyl groups excluding tert-OH is 1. The van der Waals surface area contributed by atoms with Crippen LogP contribution in [0.2, 0.25) is 0 Å². The minimum Gasteiger partial charge on any atom is -0.449 e. The van der Waals surface area contributed by atoms with Crippen LogP contribution >= 0.6 is 0 Å². The highest BCUT2D eigenvalue weighted by molar-refractivity contribution is 6.10. The van der Waals surface area contributed by atoms with Gasteiger partial charge >= 0.3 is 0 Å². The monoisotopic (exact) mass is 310 g/mol. The van der Waals surface area contributed by atoms with Gasteiger partial charge in [-0.2, -0.15) is 0 Å². The average Bonchev–Trinajstić information content (AvgIpc) is 2.53. The van der Waals surface area contributed by atoms with Crippen LogP contribution in [0.1, 0.15) is 11.1 Å². The van der Waals surface area contributed by atoms with Crippen LogP contribution in [-0.4, -0.2) is 24.2 Å². The molecule has 0 aromatic heterocycles. The lowest BCUT2D eigenvalue weighted by Gasteiger charge is -2.30. The Bertz CT molecular complexity index is 766. The SMILES string of the molecule is Cc1ccc(/C=C2/Oc3cc(N)ccc3N(CCO)C2=O)cc1. The first-order chi connectivity index (χ1) is 11.1. The molecule has 1 aliphatic heterocycles. The van der Waals surface area contributed by atoms with E-state index in [4.69, 9.17) is 10.5 Å². The van der Waals surface area contributed by atoms with Gasteiger partial charge in [-0.3, -0.25) is 9.69 Å². The van der Waals surface area contributed by atoms with Crippen LogP contribution in [0, 0.1) is 6.92 Å². The van der Waals surface area contributed by atoms with E-state index in [1.807, 2.05) is 31.2 Å². The number of β-amino-alcohol motifs (C(OH)–C–C–N with tert-alkyl or cyclic N) is 1. The van der Waals surface area contributed by atoms with Crippen LogP contribution < -0.4 is 15.4 Å². The third kappa shape index (κ3) is 3.05. The molecule has 0 saturated carbocycles. The summed E-state index contributed by atoms with van der Waals surface area (Å²) in [7, 11) is 0. The Hall–Kier alpha value is -2.79. The largest absolute Gasteiger partial charge is 0.449 e. The van der Waals surface area contributed by atoms with Crippen LogP contribution in [0.5, 0.6) is 5.75 Å². The van der Waals surface area contributed by atoms with E-state index in [9.17, 15) is 9.90 Å². The molecule has 1 amide bonds. The van der Waals surface area contributed by atoms with Gasteiger partial charge in [0.15, 0.2) is 11.5 Å². The minimum atomic E-state index is -0.281. The Morgan fingerprint density at radius 2 is 1.96 bits per heavy atom. The van der Waals surface area contributed by atoms with Crippen molar-refractivity contribution in [3.63, 3.8) is 0 Å². The van der Waals surface area contributed by atoms with Gasteiger partial charge in [-0.25, -0.2) is 0 Å². The number of nitrogens with zero attached hydrogens (tertiary/aromatic N) is 1. The molecule has 0 spiro atoms. The number of aryl methyl sites for hydroxylation is 1. The fourth-order valence-corrected chi connectivity index (χ4v) is 2.47. The van der Waals surface area contributed by atoms with Crippen molar-refractivity contribution in [3.8, 4) is 5.75 Å². The molecule has 2 aromatic carbocycles. The molecule has 5 nitrogen and oxygen atoms in total. The first-order valence-electron chi connectivity index (χ1n) is 7.37. The summed E-state index contributed by atoms with van der Waals surface area (Å²) in [6.45, 7) is 2.07. The van der Waals surface area contributed by atoms with Crippen molar-refractivity contribution in [1.29, 1.82) is 0 Å². The third-order valence-corrected chi connectivity index (χ3v) is 3.65. The molecule has 3 rings (SSSR count). The van der Waals surface area contributed by atoms with Crippen molar-refractivity contribution in [3.05, 3.63) is 59.4 Å². The number of aliphatic hydroxyl groups is 1. The Balaban J connectivity index is 2.02. The number of benzene rings is 2. The Morgan fingerprint density at radius 1 is 1.22 bits per heavy atom. The maximum absolute atomic E-state index is 12.6. The van der Waals surface area contributed by atoms with E-state index in [-0.39, 0.29) is 24.8 Å². The van der Waals surface area contributed by atoms with E-state index >= 15 is 0 Å². The maximum atomic E-state index is 12.6. The molecule has 0 radical (unpaired) electrons. The molecule has 118 valence electrons. The van der Waals surface area contributed by atoms with Crippen LogP contribution in [0.25, 0.3) is 6.08 Å². The molecule has 0 saturated heterocycles. The second-order valence-corrected chi connectivity index (χ2v) is 5.43. The molecule has 0 bridgehead atoms. The van der Waals surface area contributed by atoms with Crippen LogP contribution in [0.3, 0.4) is 0 Å². The summed E-state index contributed by atoms with van der Waals surface area (Å²) in [5, 5.41) is 9.24. The molecule has 2 aromatic rings. The zero-order chi connectivity index (χ0) is 16.4. The van der Waals surface area contributed by atoms with Crippen molar-refractivity contribution in [1.82, 2.24) is 0 Å². The van der Waals surface area contributed by atoms with Crippen LogP contribution in [0.4, 0.5) is 11.4 Å². The average molecular weight is 310 g/mol. The smallest absolute Gasteiger partial charge is 0.294 e. The highest BCUT2D eigenvalue weighted by Gasteiger charge is 2.30. The van der Waals surface area contributed by atoms with E-state index in [2.05, 4.69) is 0 Å². The summed E-state index contributed by atoms with van der Waals surface area (Å²) in [6.07, 6.45) is 1.69. The van der Waals surface area contributed by atoms with Gasteiger partial charge in [0.1, 0.15) is 0 Å². The second-order valence-electron chi connectivity index (χ2n) is 5.43. The Morgan fingerprint density at radius 3 is 2.65 bits per heavy atom. The number of anilines is 2. The predicted octanol–water partition coefficient (Wildman–Crippen LogP) is 2.34. The number of carbonyl (C=O) groups is 1. The first-order valence-corrected chi connectivity index (χ1v) is 7.37. The quantitative estimate of drug-likeness (QED) is 0.674. The molecule has 1 aliphatic rings. The summed E-state index contributed by atoms with van der Waals surface area (Å²) in [5.74, 6) is 0.439. The van der Waals surface area contributed by atoms with Crippen molar-refractivity contribution in [2.75, 3.05) is 23.8 Å². The topological polar surface area (TPSA) is 75.8 Å². The molecular weight excluding hydrogens is 292 g/mol. The van der Waals surface area contributed by atoms with Crippen LogP contribution in [0.15, 0.2) is 48.2 Å². The normalized spacial score (nSPS) is 15.5. The van der Waals surface area contributed by atoms with Gasteiger partial charge in [0.25, 0.3) is 5.91 Å². The summed E-state index contributed by atoms with van der Waals surface area (Å²) in [4.78, 5) is 14.1. The highest BCUT2D eigenvalue weighted by atomic mass is 16.5. The number of ether oxygens (including phenoxy) is 1. The zero-order valence-corrected chi connectivity index (χ0v) is 12.8. The van der Waals surface area contributed by atoms with Crippen molar-refractivity contribution in [2.45, 2.75) is 6.92 Å². The van der Waals surface area contributed by atoms with E-state index < -0.39 is 0 Å². The number of rotatable bonds is 3. The third-order valence-electron chi connectivity index (χ3n) is 3.65. The fraction of sp³-hybridized carbons (Fsp3) is 0.167. The number of amides is 1. The van der Waals surface area contributed by atoms with Gasteiger partial charge in [0.05, 0.1) is 12.3 Å². The fourth-order valence-electron chi connectivity index (χ4n) is 2.47. The van der Waals surface area contributed by atoms with Gasteiger partial charge in [0.2, 0.25) is 0 Å². The molecular formula is C18H18N2O3. The van der Waals surface area contributed by atoms with E-state index in [0.717, 1.165) is 11.1 Å². The summed E-state index contributed by atoms with van der Waals surface area (Å²) >= 11 is 0. The molecule has 23 heavy (non-hydrogen) atoms. The Kier molecular flexibility index (Phi) is 4.04. The maximum Gasteiger partial charge on any atom is 0.294 e. The number of hydrogen-bond donors (Lipinski definition) is 2. The van der Waals surface area contributed by atoms with Gasteiger partial charge in [-0.15, -0.1) is 0 Å². The van der Waals surface area contributed by atoms with Gasteiger partial charge in [0, 0.05) is 18.3 Å². The number of nitrogen functional groups attached to an aromatic ring is 1. The number of nitrogens with two attached hydrogens (primary N) is 1. The lowest BCUT2D eigenvalue weighted by molar-refractivity contribution is -0.117. The zero-order valence-electron chi connectivity index (χ0n) is 12.8. The summed E-state index contributed by atoms with van der Waals surface area (Å²) in [6, 6.07) is 12.9. The van der Waals surface area contributed by atoms with E-state index in [1.54, 1.807) is 24.3 Å². The number of carbonyl (C=O) groups excluding carboxylic acids is 1. The summed E-state index contributed by atoms with van der Waals surface area (Å²) < 4.78 is 5.74. The summed E-state index contributed by atoms with van der Waals surface area (Å²) in [5.41, 5.74) is 8.97. The predicted molar refractivity (Wildman–Crippen MR) is 90.1 cm³/mol. The molecule has 0 atom stereocenters. The second kappa shape index (κ2) is 6.14. The molecule has 0 unspecified atom stereocenters. The van der Waals surface area contributed by atoms with E-state index in [0.29, 0.717) is 17.1 Å². The molecule has 3 N–H and O–H groups in total. The molecule has 0 aliphatic carbocycles. The lowest BCUT2D eigenvalue weighted by atomic mass is 10.1. The highest BCUT2D eigenvalue weighted by Crippen LogP contribution is 2.37. The van der Waals surface area contributed by atoms with Crippen LogP contribution in [-0.2, 0) is 4.79 Å². The Labute approximate surface area is 134 Å². The molecule has 1 heterocycles. The standard InChI is InChI=1S/C18H18N2O3/c1-12-2-4-13(5-3-12)10-17-18(22)20(8-9-21)15-7-6-14(19)11-16(15)23-17/h2-7,10-11,21H,8-9,19H2,1H3/b17-10+. The minimum absolute atomic E-state index is 0.132. The molecule has 5 heteroatoms. The van der Waals surface area contributed by atoms with Gasteiger partial charge in [-0.1, -0.05) is 29.8 Å². The number of fused-ring (bicyclic) bond motifs is 1. The number of hydrogen-bond acceptors (Lipinski definition) is 4. The first kappa shape index (κ1) is 15.1. The van der Waals surface area contributed by atoms with E-state index in [1.165, 1.54) is 4.90 Å².